The van der Waals surface area contributed by atoms with Crippen molar-refractivity contribution in [2.24, 2.45) is 5.73 Å². The highest BCUT2D eigenvalue weighted by molar-refractivity contribution is 4.94. The Labute approximate surface area is 98.1 Å². The quantitative estimate of drug-likeness (QED) is 0.781. The van der Waals surface area contributed by atoms with Gasteiger partial charge in [0, 0.05) is 12.6 Å². The van der Waals surface area contributed by atoms with E-state index in [1.807, 2.05) is 0 Å². The van der Waals surface area contributed by atoms with E-state index < -0.39 is 5.79 Å². The van der Waals surface area contributed by atoms with Crippen LogP contribution in [0.2, 0.25) is 0 Å². The van der Waals surface area contributed by atoms with E-state index >= 15 is 0 Å². The van der Waals surface area contributed by atoms with Crippen LogP contribution in [-0.4, -0.2) is 48.6 Å². The molecule has 4 heteroatoms. The number of nitrogens with two attached hydrogens (primary N) is 1. The predicted octanol–water partition coefficient (Wildman–Crippen LogP) is 0.950. The molecule has 0 spiro atoms. The lowest BCUT2D eigenvalue weighted by Gasteiger charge is -2.38. The van der Waals surface area contributed by atoms with Gasteiger partial charge in [0.1, 0.15) is 0 Å². The van der Waals surface area contributed by atoms with Crippen molar-refractivity contribution in [3.8, 4) is 0 Å². The minimum absolute atomic E-state index is 0.0691. The van der Waals surface area contributed by atoms with Crippen LogP contribution < -0.4 is 5.73 Å². The first kappa shape index (κ1) is 12.3. The van der Waals surface area contributed by atoms with Crippen LogP contribution >= 0.6 is 0 Å². The molecule has 16 heavy (non-hydrogen) atoms. The molecule has 3 unspecified atom stereocenters. The Kier molecular flexibility index (Phi) is 3.54. The van der Waals surface area contributed by atoms with Crippen LogP contribution in [-0.2, 0) is 9.47 Å². The standard InChI is InChI=1S/C12H24N2O2/c1-9(2)14-6-4-5-11(14)12(3)15-8-10(7-13)16-12/h9-11H,4-8,13H2,1-3H3. The van der Waals surface area contributed by atoms with Gasteiger partial charge in [0.25, 0.3) is 0 Å². The largest absolute Gasteiger partial charge is 0.346 e. The molecule has 0 aromatic carbocycles. The van der Waals surface area contributed by atoms with Crippen LogP contribution in [0.3, 0.4) is 0 Å². The average Bonchev–Trinajstić information content (AvgIpc) is 2.84. The number of hydrogen-bond donors (Lipinski definition) is 1. The lowest BCUT2D eigenvalue weighted by Crippen LogP contribution is -2.51. The van der Waals surface area contributed by atoms with Gasteiger partial charge in [-0.25, -0.2) is 0 Å². The van der Waals surface area contributed by atoms with E-state index in [1.54, 1.807) is 0 Å². The molecule has 2 fully saturated rings. The Morgan fingerprint density at radius 2 is 2.25 bits per heavy atom. The van der Waals surface area contributed by atoms with E-state index in [0.717, 1.165) is 13.0 Å². The summed E-state index contributed by atoms with van der Waals surface area (Å²) in [6, 6.07) is 0.928. The van der Waals surface area contributed by atoms with E-state index in [0.29, 0.717) is 25.2 Å². The Morgan fingerprint density at radius 1 is 1.50 bits per heavy atom. The maximum absolute atomic E-state index is 5.97. The summed E-state index contributed by atoms with van der Waals surface area (Å²) in [4.78, 5) is 2.49. The molecule has 0 saturated carbocycles. The average molecular weight is 228 g/mol. The summed E-state index contributed by atoms with van der Waals surface area (Å²) >= 11 is 0. The molecule has 2 aliphatic heterocycles. The number of hydrogen-bond acceptors (Lipinski definition) is 4. The molecule has 0 amide bonds. The van der Waals surface area contributed by atoms with Crippen molar-refractivity contribution < 1.29 is 9.47 Å². The van der Waals surface area contributed by atoms with Crippen molar-refractivity contribution in [2.75, 3.05) is 19.7 Å². The van der Waals surface area contributed by atoms with Gasteiger partial charge < -0.3 is 15.2 Å². The summed E-state index contributed by atoms with van der Waals surface area (Å²) in [5, 5.41) is 0. The molecule has 2 N–H and O–H groups in total. The molecule has 0 bridgehead atoms. The second-order valence-corrected chi connectivity index (χ2v) is 5.29. The molecule has 94 valence electrons. The van der Waals surface area contributed by atoms with Crippen LogP contribution in [0.4, 0.5) is 0 Å². The molecule has 4 nitrogen and oxygen atoms in total. The van der Waals surface area contributed by atoms with Gasteiger partial charge in [-0.1, -0.05) is 0 Å². The smallest absolute Gasteiger partial charge is 0.181 e. The number of nitrogens with zero attached hydrogens (tertiary/aromatic N) is 1. The second-order valence-electron chi connectivity index (χ2n) is 5.29. The van der Waals surface area contributed by atoms with E-state index in [-0.39, 0.29) is 6.10 Å². The predicted molar refractivity (Wildman–Crippen MR) is 63.1 cm³/mol. The third-order valence-electron chi connectivity index (χ3n) is 3.78. The zero-order valence-electron chi connectivity index (χ0n) is 10.6. The summed E-state index contributed by atoms with van der Waals surface area (Å²) in [6.07, 6.45) is 2.46. The van der Waals surface area contributed by atoms with Crippen molar-refractivity contribution in [1.82, 2.24) is 4.90 Å². The van der Waals surface area contributed by atoms with Crippen molar-refractivity contribution in [2.45, 2.75) is 57.6 Å². The zero-order valence-corrected chi connectivity index (χ0v) is 10.6. The van der Waals surface area contributed by atoms with Crippen molar-refractivity contribution in [1.29, 1.82) is 0 Å². The minimum Gasteiger partial charge on any atom is -0.346 e. The summed E-state index contributed by atoms with van der Waals surface area (Å²) in [6.45, 7) is 8.86. The van der Waals surface area contributed by atoms with Gasteiger partial charge in [0.2, 0.25) is 0 Å². The van der Waals surface area contributed by atoms with Gasteiger partial charge in [0.05, 0.1) is 18.8 Å². The Morgan fingerprint density at radius 3 is 2.81 bits per heavy atom. The number of ether oxygens (including phenoxy) is 2. The van der Waals surface area contributed by atoms with Crippen LogP contribution in [0, 0.1) is 0 Å². The van der Waals surface area contributed by atoms with Gasteiger partial charge in [-0.2, -0.15) is 0 Å². The molecule has 0 aliphatic carbocycles. The Bertz CT molecular complexity index is 247. The molecule has 0 aromatic rings. The van der Waals surface area contributed by atoms with E-state index in [4.69, 9.17) is 15.2 Å². The highest BCUT2D eigenvalue weighted by Gasteiger charge is 2.48. The number of likely N-dealkylation sites (tertiary alicyclic amines) is 1. The Balaban J connectivity index is 2.06. The van der Waals surface area contributed by atoms with Crippen LogP contribution in [0.15, 0.2) is 0 Å². The molecular formula is C12H24N2O2. The van der Waals surface area contributed by atoms with Gasteiger partial charge in [-0.15, -0.1) is 0 Å². The molecule has 0 radical (unpaired) electrons. The van der Waals surface area contributed by atoms with Crippen molar-refractivity contribution in [3.63, 3.8) is 0 Å². The third kappa shape index (κ3) is 2.12. The molecular weight excluding hydrogens is 204 g/mol. The molecule has 2 rings (SSSR count). The summed E-state index contributed by atoms with van der Waals surface area (Å²) in [5.74, 6) is -0.454. The maximum Gasteiger partial charge on any atom is 0.181 e. The van der Waals surface area contributed by atoms with Gasteiger partial charge in [-0.3, -0.25) is 4.90 Å². The van der Waals surface area contributed by atoms with Crippen molar-refractivity contribution in [3.05, 3.63) is 0 Å². The van der Waals surface area contributed by atoms with E-state index in [9.17, 15) is 0 Å². The summed E-state index contributed by atoms with van der Waals surface area (Å²) in [5.41, 5.74) is 5.63. The second kappa shape index (κ2) is 4.61. The lowest BCUT2D eigenvalue weighted by atomic mass is 10.1. The fraction of sp³-hybridized carbons (Fsp3) is 1.00. The van der Waals surface area contributed by atoms with E-state index in [1.165, 1.54) is 6.42 Å². The highest BCUT2D eigenvalue weighted by atomic mass is 16.7. The molecule has 2 heterocycles. The lowest BCUT2D eigenvalue weighted by molar-refractivity contribution is -0.194. The highest BCUT2D eigenvalue weighted by Crippen LogP contribution is 2.36. The molecule has 3 atom stereocenters. The Hall–Kier alpha value is -0.160. The third-order valence-corrected chi connectivity index (χ3v) is 3.78. The molecule has 0 aromatic heterocycles. The fourth-order valence-corrected chi connectivity index (χ4v) is 2.92. The van der Waals surface area contributed by atoms with Crippen LogP contribution in [0.5, 0.6) is 0 Å². The summed E-state index contributed by atoms with van der Waals surface area (Å²) in [7, 11) is 0. The SMILES string of the molecule is CC(C)N1CCCC1C1(C)OCC(CN)O1. The first-order valence-corrected chi connectivity index (χ1v) is 6.34. The zero-order chi connectivity index (χ0) is 11.8. The van der Waals surface area contributed by atoms with Gasteiger partial charge >= 0.3 is 0 Å². The van der Waals surface area contributed by atoms with E-state index in [2.05, 4.69) is 25.7 Å². The molecule has 2 saturated heterocycles. The summed E-state index contributed by atoms with van der Waals surface area (Å²) < 4.78 is 11.8. The van der Waals surface area contributed by atoms with Crippen LogP contribution in [0.25, 0.3) is 0 Å². The minimum atomic E-state index is -0.454. The number of rotatable bonds is 3. The normalized spacial score (nSPS) is 41.1. The van der Waals surface area contributed by atoms with Crippen molar-refractivity contribution >= 4 is 0 Å². The van der Waals surface area contributed by atoms with Gasteiger partial charge in [0.15, 0.2) is 5.79 Å². The maximum atomic E-state index is 5.97. The molecule has 2 aliphatic rings. The van der Waals surface area contributed by atoms with Crippen LogP contribution in [0.1, 0.15) is 33.6 Å². The fourth-order valence-electron chi connectivity index (χ4n) is 2.92. The van der Waals surface area contributed by atoms with Gasteiger partial charge in [-0.05, 0) is 40.2 Å². The topological polar surface area (TPSA) is 47.7 Å². The monoisotopic (exact) mass is 228 g/mol. The first-order valence-electron chi connectivity index (χ1n) is 6.34. The first-order chi connectivity index (χ1) is 7.57.